The Balaban J connectivity index is 2.12. The lowest BCUT2D eigenvalue weighted by Crippen LogP contribution is -2.43. The van der Waals surface area contributed by atoms with E-state index in [9.17, 15) is 4.79 Å². The average Bonchev–Trinajstić information content (AvgIpc) is 2.37. The summed E-state index contributed by atoms with van der Waals surface area (Å²) < 4.78 is 1.06. The van der Waals surface area contributed by atoms with Crippen LogP contribution in [0.2, 0.25) is 0 Å². The number of carbonyl (C=O) groups excluding carboxylic acids is 1. The minimum Gasteiger partial charge on any atom is -0.411 e. The highest BCUT2D eigenvalue weighted by molar-refractivity contribution is 14.1. The second-order valence-corrected chi connectivity index (χ2v) is 5.75. The molecule has 4 nitrogen and oxygen atoms in total. The number of nitrogens with zero attached hydrogens (tertiary/aromatic N) is 2. The minimum absolute atomic E-state index is 0.0531. The molecule has 5 heteroatoms. The van der Waals surface area contributed by atoms with Crippen molar-refractivity contribution in [1.29, 1.82) is 0 Å². The van der Waals surface area contributed by atoms with E-state index in [0.29, 0.717) is 19.5 Å². The van der Waals surface area contributed by atoms with Crippen molar-refractivity contribution in [1.82, 2.24) is 4.90 Å². The third-order valence-corrected chi connectivity index (χ3v) is 3.86. The summed E-state index contributed by atoms with van der Waals surface area (Å²) in [5.41, 5.74) is 1.50. The van der Waals surface area contributed by atoms with Gasteiger partial charge in [0.15, 0.2) is 0 Å². The fourth-order valence-electron chi connectivity index (χ4n) is 2.16. The van der Waals surface area contributed by atoms with Crippen molar-refractivity contribution in [3.8, 4) is 0 Å². The molecule has 96 valence electrons. The van der Waals surface area contributed by atoms with E-state index in [2.05, 4.69) is 27.7 Å². The summed E-state index contributed by atoms with van der Waals surface area (Å²) in [4.78, 5) is 14.1. The van der Waals surface area contributed by atoms with Crippen LogP contribution in [-0.2, 0) is 0 Å². The predicted octanol–water partition coefficient (Wildman–Crippen LogP) is 2.60. The van der Waals surface area contributed by atoms with Crippen LogP contribution in [0.3, 0.4) is 0 Å². The first-order valence-corrected chi connectivity index (χ1v) is 6.95. The highest BCUT2D eigenvalue weighted by Crippen LogP contribution is 2.17. The number of likely N-dealkylation sites (tertiary alicyclic amines) is 1. The maximum absolute atomic E-state index is 12.3. The van der Waals surface area contributed by atoms with Crippen LogP contribution in [0.4, 0.5) is 0 Å². The summed E-state index contributed by atoms with van der Waals surface area (Å²) in [5, 5.41) is 12.1. The maximum Gasteiger partial charge on any atom is 0.253 e. The molecule has 1 aliphatic rings. The SMILES string of the molecule is CC1CN(C(=O)c2cccc(I)c2)CC/C1=N\O. The molecule has 1 heterocycles. The van der Waals surface area contributed by atoms with Gasteiger partial charge in [-0.25, -0.2) is 0 Å². The highest BCUT2D eigenvalue weighted by Gasteiger charge is 2.26. The summed E-state index contributed by atoms with van der Waals surface area (Å²) >= 11 is 2.20. The van der Waals surface area contributed by atoms with Crippen LogP contribution >= 0.6 is 22.6 Å². The van der Waals surface area contributed by atoms with Gasteiger partial charge in [0.25, 0.3) is 5.91 Å². The number of piperidine rings is 1. The molecule has 1 N–H and O–H groups in total. The van der Waals surface area contributed by atoms with Crippen LogP contribution in [0.25, 0.3) is 0 Å². The van der Waals surface area contributed by atoms with Gasteiger partial charge in [0.1, 0.15) is 0 Å². The molecule has 1 aromatic carbocycles. The standard InChI is InChI=1S/C13H15IN2O2/c1-9-8-16(6-5-12(9)15-18)13(17)10-3-2-4-11(14)7-10/h2-4,7,9,18H,5-6,8H2,1H3/b15-12+. The van der Waals surface area contributed by atoms with Crippen LogP contribution in [0.1, 0.15) is 23.7 Å². The van der Waals surface area contributed by atoms with Gasteiger partial charge in [-0.15, -0.1) is 0 Å². The normalized spacial score (nSPS) is 22.2. The lowest BCUT2D eigenvalue weighted by Gasteiger charge is -2.31. The molecular weight excluding hydrogens is 343 g/mol. The maximum atomic E-state index is 12.3. The fourth-order valence-corrected chi connectivity index (χ4v) is 2.70. The van der Waals surface area contributed by atoms with Crippen molar-refractivity contribution in [3.05, 3.63) is 33.4 Å². The Morgan fingerprint density at radius 1 is 1.56 bits per heavy atom. The number of rotatable bonds is 1. The van der Waals surface area contributed by atoms with Gasteiger partial charge in [0.05, 0.1) is 5.71 Å². The summed E-state index contributed by atoms with van der Waals surface area (Å²) in [6.45, 7) is 3.21. The molecule has 1 saturated heterocycles. The van der Waals surface area contributed by atoms with Crippen molar-refractivity contribution in [3.63, 3.8) is 0 Å². The van der Waals surface area contributed by atoms with Crippen molar-refractivity contribution in [2.75, 3.05) is 13.1 Å². The molecule has 1 unspecified atom stereocenters. The molecular formula is C13H15IN2O2. The molecule has 0 aliphatic carbocycles. The van der Waals surface area contributed by atoms with Crippen LogP contribution in [0.5, 0.6) is 0 Å². The Labute approximate surface area is 120 Å². The zero-order chi connectivity index (χ0) is 13.1. The number of benzene rings is 1. The molecule has 0 saturated carbocycles. The van der Waals surface area contributed by atoms with Crippen LogP contribution in [0.15, 0.2) is 29.4 Å². The first-order valence-electron chi connectivity index (χ1n) is 5.87. The van der Waals surface area contributed by atoms with E-state index in [-0.39, 0.29) is 11.8 Å². The topological polar surface area (TPSA) is 52.9 Å². The lowest BCUT2D eigenvalue weighted by atomic mass is 9.97. The minimum atomic E-state index is 0.0531. The Bertz CT molecular complexity index is 488. The predicted molar refractivity (Wildman–Crippen MR) is 78.1 cm³/mol. The monoisotopic (exact) mass is 358 g/mol. The van der Waals surface area contributed by atoms with Gasteiger partial charge < -0.3 is 10.1 Å². The van der Waals surface area contributed by atoms with Crippen LogP contribution in [-0.4, -0.2) is 34.8 Å². The molecule has 0 radical (unpaired) electrons. The van der Waals surface area contributed by atoms with E-state index in [1.807, 2.05) is 36.1 Å². The molecule has 18 heavy (non-hydrogen) atoms. The number of hydrogen-bond acceptors (Lipinski definition) is 3. The molecule has 0 spiro atoms. The van der Waals surface area contributed by atoms with E-state index in [1.165, 1.54) is 0 Å². The van der Waals surface area contributed by atoms with Gasteiger partial charge >= 0.3 is 0 Å². The van der Waals surface area contributed by atoms with E-state index < -0.39 is 0 Å². The van der Waals surface area contributed by atoms with Crippen molar-refractivity contribution in [2.45, 2.75) is 13.3 Å². The van der Waals surface area contributed by atoms with Gasteiger partial charge in [-0.3, -0.25) is 4.79 Å². The third-order valence-electron chi connectivity index (χ3n) is 3.19. The molecule has 1 aromatic rings. The second kappa shape index (κ2) is 5.69. The Hall–Kier alpha value is -1.11. The van der Waals surface area contributed by atoms with Gasteiger partial charge in [-0.1, -0.05) is 18.1 Å². The van der Waals surface area contributed by atoms with Gasteiger partial charge in [-0.2, -0.15) is 0 Å². The number of hydrogen-bond donors (Lipinski definition) is 1. The second-order valence-electron chi connectivity index (χ2n) is 4.50. The quantitative estimate of drug-likeness (QED) is 0.477. The Morgan fingerprint density at radius 3 is 2.94 bits per heavy atom. The zero-order valence-electron chi connectivity index (χ0n) is 10.1. The molecule has 0 aromatic heterocycles. The van der Waals surface area contributed by atoms with Crippen molar-refractivity contribution >= 4 is 34.2 Å². The number of oxime groups is 1. The first-order chi connectivity index (χ1) is 8.61. The number of carbonyl (C=O) groups is 1. The molecule has 1 fully saturated rings. The third kappa shape index (κ3) is 2.82. The van der Waals surface area contributed by atoms with E-state index in [4.69, 9.17) is 5.21 Å². The summed E-state index contributed by atoms with van der Waals surface area (Å²) in [5.74, 6) is 0.174. The van der Waals surface area contributed by atoms with Gasteiger partial charge in [-0.05, 0) is 40.8 Å². The Morgan fingerprint density at radius 2 is 2.33 bits per heavy atom. The molecule has 1 atom stereocenters. The number of halogens is 1. The van der Waals surface area contributed by atoms with E-state index in [0.717, 1.165) is 14.8 Å². The number of amides is 1. The van der Waals surface area contributed by atoms with E-state index >= 15 is 0 Å². The van der Waals surface area contributed by atoms with Crippen molar-refractivity contribution < 1.29 is 10.0 Å². The summed E-state index contributed by atoms with van der Waals surface area (Å²) in [7, 11) is 0. The summed E-state index contributed by atoms with van der Waals surface area (Å²) in [6, 6.07) is 7.59. The highest BCUT2D eigenvalue weighted by atomic mass is 127. The van der Waals surface area contributed by atoms with Crippen LogP contribution < -0.4 is 0 Å². The Kier molecular flexibility index (Phi) is 4.21. The van der Waals surface area contributed by atoms with Crippen molar-refractivity contribution in [2.24, 2.45) is 11.1 Å². The van der Waals surface area contributed by atoms with E-state index in [1.54, 1.807) is 0 Å². The zero-order valence-corrected chi connectivity index (χ0v) is 12.3. The smallest absolute Gasteiger partial charge is 0.253 e. The summed E-state index contributed by atoms with van der Waals surface area (Å²) in [6.07, 6.45) is 0.646. The average molecular weight is 358 g/mol. The van der Waals surface area contributed by atoms with Crippen LogP contribution in [0, 0.1) is 9.49 Å². The molecule has 2 rings (SSSR count). The molecule has 0 bridgehead atoms. The van der Waals surface area contributed by atoms with Gasteiger partial charge in [0, 0.05) is 34.6 Å². The first kappa shape index (κ1) is 13.3. The van der Waals surface area contributed by atoms with Gasteiger partial charge in [0.2, 0.25) is 0 Å². The lowest BCUT2D eigenvalue weighted by molar-refractivity contribution is 0.0734. The largest absolute Gasteiger partial charge is 0.411 e. The fraction of sp³-hybridized carbons (Fsp3) is 0.385. The molecule has 1 aliphatic heterocycles. The molecule has 1 amide bonds.